The van der Waals surface area contributed by atoms with Gasteiger partial charge in [0, 0.05) is 0 Å². The molecule has 0 aliphatic heterocycles. The van der Waals surface area contributed by atoms with Crippen molar-refractivity contribution in [2.75, 3.05) is 0 Å². The molecule has 0 saturated heterocycles. The van der Waals surface area contributed by atoms with Gasteiger partial charge in [-0.05, 0) is 29.6 Å². The molecule has 0 fully saturated rings. The van der Waals surface area contributed by atoms with Crippen LogP contribution in [0.2, 0.25) is 0 Å². The monoisotopic (exact) mass is 224 g/mol. The Hall–Kier alpha value is -0.260. The molecule has 0 aliphatic rings. The van der Waals surface area contributed by atoms with Gasteiger partial charge in [-0.2, -0.15) is 0 Å². The van der Waals surface area contributed by atoms with E-state index in [1.807, 2.05) is 0 Å². The SMILES string of the molecule is CC/C(=C(\C)C(C)(C)C(C)(C)C)C(C)(C)C. The molecule has 0 heterocycles. The summed E-state index contributed by atoms with van der Waals surface area (Å²) in [7, 11) is 0. The zero-order chi connectivity index (χ0) is 13.4. The first-order chi connectivity index (χ1) is 6.85. The maximum atomic E-state index is 2.38. The summed E-state index contributed by atoms with van der Waals surface area (Å²) in [5, 5.41) is 0. The highest BCUT2D eigenvalue weighted by Crippen LogP contribution is 2.47. The number of rotatable bonds is 2. The molecule has 0 saturated carbocycles. The van der Waals surface area contributed by atoms with Crippen LogP contribution in [0, 0.1) is 16.2 Å². The van der Waals surface area contributed by atoms with Crippen LogP contribution >= 0.6 is 0 Å². The second-order valence-corrected chi connectivity index (χ2v) is 7.58. The molecule has 0 unspecified atom stereocenters. The van der Waals surface area contributed by atoms with Crippen molar-refractivity contribution >= 4 is 0 Å². The minimum Gasteiger partial charge on any atom is -0.0674 e. The average Bonchev–Trinajstić information content (AvgIpc) is 2.00. The molecule has 0 rings (SSSR count). The Balaban J connectivity index is 5.62. The summed E-state index contributed by atoms with van der Waals surface area (Å²) < 4.78 is 0. The molecular formula is C16H32. The van der Waals surface area contributed by atoms with Crippen molar-refractivity contribution < 1.29 is 0 Å². The highest BCUT2D eigenvalue weighted by molar-refractivity contribution is 5.25. The molecule has 0 N–H and O–H groups in total. The predicted molar refractivity (Wildman–Crippen MR) is 75.7 cm³/mol. The van der Waals surface area contributed by atoms with E-state index >= 15 is 0 Å². The largest absolute Gasteiger partial charge is 0.0674 e. The fraction of sp³-hybridized carbons (Fsp3) is 0.875. The lowest BCUT2D eigenvalue weighted by atomic mass is 9.62. The maximum Gasteiger partial charge on any atom is -0.00961 e. The van der Waals surface area contributed by atoms with Crippen LogP contribution in [0.25, 0.3) is 0 Å². The van der Waals surface area contributed by atoms with E-state index in [9.17, 15) is 0 Å². The lowest BCUT2D eigenvalue weighted by Crippen LogP contribution is -2.32. The van der Waals surface area contributed by atoms with Gasteiger partial charge in [-0.3, -0.25) is 0 Å². The van der Waals surface area contributed by atoms with Crippen molar-refractivity contribution in [1.82, 2.24) is 0 Å². The standard InChI is InChI=1S/C16H32/c1-11-13(14(3,4)5)12(2)16(9,10)15(6,7)8/h11H2,1-10H3/b13-12-. The molecule has 0 heteroatoms. The van der Waals surface area contributed by atoms with Crippen LogP contribution in [0.3, 0.4) is 0 Å². The highest BCUT2D eigenvalue weighted by Gasteiger charge is 2.36. The topological polar surface area (TPSA) is 0 Å². The summed E-state index contributed by atoms with van der Waals surface area (Å²) in [4.78, 5) is 0. The fourth-order valence-electron chi connectivity index (χ4n) is 2.30. The number of hydrogen-bond acceptors (Lipinski definition) is 0. The van der Waals surface area contributed by atoms with Gasteiger partial charge in [-0.15, -0.1) is 0 Å². The van der Waals surface area contributed by atoms with Gasteiger partial charge in [0.05, 0.1) is 0 Å². The molecule has 0 spiro atoms. The Kier molecular flexibility index (Phi) is 4.47. The molecule has 16 heavy (non-hydrogen) atoms. The molecule has 0 aromatic heterocycles. The van der Waals surface area contributed by atoms with Crippen molar-refractivity contribution in [1.29, 1.82) is 0 Å². The summed E-state index contributed by atoms with van der Waals surface area (Å²) in [5.41, 5.74) is 4.05. The van der Waals surface area contributed by atoms with Crippen LogP contribution < -0.4 is 0 Å². The lowest BCUT2D eigenvalue weighted by Gasteiger charge is -2.43. The minimum atomic E-state index is 0.256. The van der Waals surface area contributed by atoms with E-state index in [1.165, 1.54) is 0 Å². The zero-order valence-electron chi connectivity index (χ0n) is 13.2. The first-order valence-corrected chi connectivity index (χ1v) is 6.56. The van der Waals surface area contributed by atoms with Crippen LogP contribution in [0.5, 0.6) is 0 Å². The summed E-state index contributed by atoms with van der Waals surface area (Å²) in [6.45, 7) is 23.4. The zero-order valence-corrected chi connectivity index (χ0v) is 13.2. The van der Waals surface area contributed by atoms with E-state index in [4.69, 9.17) is 0 Å². The van der Waals surface area contributed by atoms with Crippen molar-refractivity contribution in [3.63, 3.8) is 0 Å². The average molecular weight is 224 g/mol. The summed E-state index contributed by atoms with van der Waals surface area (Å²) in [6, 6.07) is 0. The Morgan fingerprint density at radius 1 is 0.812 bits per heavy atom. The smallest absolute Gasteiger partial charge is 0.00961 e. The summed E-state index contributed by atoms with van der Waals surface area (Å²) in [6.07, 6.45) is 1.16. The number of allylic oxidation sites excluding steroid dienone is 2. The second-order valence-electron chi connectivity index (χ2n) is 7.58. The van der Waals surface area contributed by atoms with Crippen LogP contribution in [-0.4, -0.2) is 0 Å². The third-order valence-electron chi connectivity index (χ3n) is 4.52. The Morgan fingerprint density at radius 3 is 1.38 bits per heavy atom. The van der Waals surface area contributed by atoms with E-state index < -0.39 is 0 Å². The molecule has 0 aliphatic carbocycles. The normalized spacial score (nSPS) is 16.1. The molecule has 0 amide bonds. The van der Waals surface area contributed by atoms with Crippen LogP contribution in [-0.2, 0) is 0 Å². The van der Waals surface area contributed by atoms with Crippen LogP contribution in [0.15, 0.2) is 11.1 Å². The van der Waals surface area contributed by atoms with E-state index in [1.54, 1.807) is 11.1 Å². The third kappa shape index (κ3) is 3.12. The first kappa shape index (κ1) is 15.7. The van der Waals surface area contributed by atoms with Crippen LogP contribution in [0.1, 0.15) is 75.7 Å². The van der Waals surface area contributed by atoms with Gasteiger partial charge in [0.15, 0.2) is 0 Å². The molecule has 96 valence electrons. The second kappa shape index (κ2) is 4.55. The predicted octanol–water partition coefficient (Wildman–Crippen LogP) is 5.83. The number of hydrogen-bond donors (Lipinski definition) is 0. The van der Waals surface area contributed by atoms with Gasteiger partial charge in [-0.1, -0.05) is 73.5 Å². The molecule has 0 nitrogen and oxygen atoms in total. The molecule has 0 radical (unpaired) electrons. The fourth-order valence-corrected chi connectivity index (χ4v) is 2.30. The van der Waals surface area contributed by atoms with Crippen molar-refractivity contribution in [3.8, 4) is 0 Å². The van der Waals surface area contributed by atoms with Gasteiger partial charge in [0.2, 0.25) is 0 Å². The Labute approximate surface area is 104 Å². The molecule has 0 bridgehead atoms. The van der Waals surface area contributed by atoms with Gasteiger partial charge < -0.3 is 0 Å². The van der Waals surface area contributed by atoms with E-state index in [0.29, 0.717) is 10.8 Å². The third-order valence-corrected chi connectivity index (χ3v) is 4.52. The first-order valence-electron chi connectivity index (χ1n) is 6.56. The van der Waals surface area contributed by atoms with Crippen molar-refractivity contribution in [3.05, 3.63) is 11.1 Å². The van der Waals surface area contributed by atoms with E-state index in [2.05, 4.69) is 69.2 Å². The lowest BCUT2D eigenvalue weighted by molar-refractivity contribution is 0.172. The van der Waals surface area contributed by atoms with E-state index in [0.717, 1.165) is 6.42 Å². The van der Waals surface area contributed by atoms with E-state index in [-0.39, 0.29) is 5.41 Å². The highest BCUT2D eigenvalue weighted by atomic mass is 14.4. The molecule has 0 aromatic carbocycles. The maximum absolute atomic E-state index is 2.38. The summed E-state index contributed by atoms with van der Waals surface area (Å²) in [5.74, 6) is 0. The quantitative estimate of drug-likeness (QED) is 0.518. The van der Waals surface area contributed by atoms with Crippen molar-refractivity contribution in [2.24, 2.45) is 16.2 Å². The van der Waals surface area contributed by atoms with Gasteiger partial charge in [-0.25, -0.2) is 0 Å². The minimum absolute atomic E-state index is 0.256. The van der Waals surface area contributed by atoms with Gasteiger partial charge in [0.25, 0.3) is 0 Å². The van der Waals surface area contributed by atoms with Crippen LogP contribution in [0.4, 0.5) is 0 Å². The van der Waals surface area contributed by atoms with Gasteiger partial charge >= 0.3 is 0 Å². The Bertz CT molecular complexity index is 263. The molecule has 0 aromatic rings. The Morgan fingerprint density at radius 2 is 1.19 bits per heavy atom. The molecular weight excluding hydrogens is 192 g/mol. The van der Waals surface area contributed by atoms with Crippen molar-refractivity contribution in [2.45, 2.75) is 75.7 Å². The summed E-state index contributed by atoms with van der Waals surface area (Å²) >= 11 is 0. The molecule has 0 atom stereocenters. The van der Waals surface area contributed by atoms with Gasteiger partial charge in [0.1, 0.15) is 0 Å².